The first-order chi connectivity index (χ1) is 8.13. The summed E-state index contributed by atoms with van der Waals surface area (Å²) in [6.07, 6.45) is -7.76. The van der Waals surface area contributed by atoms with Gasteiger partial charge in [-0.2, -0.15) is 8.42 Å². The van der Waals surface area contributed by atoms with Crippen molar-refractivity contribution in [2.24, 2.45) is 0 Å². The van der Waals surface area contributed by atoms with Gasteiger partial charge in [-0.3, -0.25) is 4.18 Å². The summed E-state index contributed by atoms with van der Waals surface area (Å²) in [6.45, 7) is 0.124. The van der Waals surface area contributed by atoms with Gasteiger partial charge in [0.1, 0.15) is 24.4 Å². The minimum atomic E-state index is -4.20. The summed E-state index contributed by atoms with van der Waals surface area (Å²) in [5.41, 5.74) is -1.58. The Morgan fingerprint density at radius 3 is 2.24 bits per heavy atom. The van der Waals surface area contributed by atoms with Gasteiger partial charge in [0.2, 0.25) is 0 Å². The summed E-state index contributed by atoms with van der Waals surface area (Å²) in [5, 5.41) is 36.6. The number of aliphatic hydroxyl groups is 4. The van der Waals surface area contributed by atoms with Gasteiger partial charge < -0.3 is 25.2 Å². The van der Waals surface area contributed by atoms with Crippen molar-refractivity contribution in [3.8, 4) is 0 Å². The Morgan fingerprint density at radius 1 is 1.29 bits per heavy atom. The van der Waals surface area contributed by atoms with Crippen molar-refractivity contribution in [3.63, 3.8) is 0 Å². The first-order valence-electron chi connectivity index (χ1n) is 5.19. The van der Waals surface area contributed by atoms with Crippen molar-refractivity contribution in [1.29, 1.82) is 0 Å². The fraction of sp³-hybridized carbons (Fsp3) is 0.875. The highest BCUT2D eigenvalue weighted by molar-refractivity contribution is 7.86. The van der Waals surface area contributed by atoms with Crippen molar-refractivity contribution >= 4 is 16.4 Å². The molecule has 0 fully saturated rings. The Morgan fingerprint density at radius 2 is 1.82 bits per heavy atom. The van der Waals surface area contributed by atoms with Crippen molar-refractivity contribution in [2.45, 2.75) is 31.3 Å². The lowest BCUT2D eigenvalue weighted by molar-refractivity contribution is -0.135. The Labute approximate surface area is 100.0 Å². The molecule has 0 radical (unpaired) electrons. The molecular formula is C8H16O8S. The average Bonchev–Trinajstić information content (AvgIpc) is 2.32. The van der Waals surface area contributed by atoms with E-state index in [1.165, 1.54) is 0 Å². The zero-order chi connectivity index (χ0) is 14.5. The number of hydrogen-bond donors (Lipinski definition) is 4. The fourth-order valence-electron chi connectivity index (χ4n) is 0.841. The number of hydrogen-bond acceptors (Lipinski definition) is 8. The van der Waals surface area contributed by atoms with E-state index < -0.39 is 46.9 Å². The van der Waals surface area contributed by atoms with Crippen LogP contribution < -0.4 is 0 Å². The zero-order valence-electron chi connectivity index (χ0n) is 10.0. The summed E-state index contributed by atoms with van der Waals surface area (Å²) in [5.74, 6) is 0. The van der Waals surface area contributed by atoms with Gasteiger partial charge >= 0.3 is 0 Å². The first kappa shape index (κ1) is 14.5. The van der Waals surface area contributed by atoms with Gasteiger partial charge in [-0.25, -0.2) is 0 Å². The van der Waals surface area contributed by atoms with Crippen LogP contribution in [0.2, 0.25) is 0 Å². The average molecular weight is 273 g/mol. The SMILES string of the molecule is [2H]C(C)S(=O)(=O)OC[C@@H](O)[C@@H](O)[C@H](O)[C@@H](O)C=O. The largest absolute Gasteiger partial charge is 0.388 e. The third-order valence-electron chi connectivity index (χ3n) is 1.93. The number of rotatable bonds is 8. The van der Waals surface area contributed by atoms with Crippen LogP contribution in [-0.2, 0) is 19.1 Å². The van der Waals surface area contributed by atoms with Crippen LogP contribution in [0.4, 0.5) is 0 Å². The van der Waals surface area contributed by atoms with Gasteiger partial charge in [0.15, 0.2) is 6.29 Å². The molecule has 0 aliphatic heterocycles. The van der Waals surface area contributed by atoms with Crippen LogP contribution in [0, 0.1) is 0 Å². The van der Waals surface area contributed by atoms with Crippen LogP contribution in [0.25, 0.3) is 0 Å². The van der Waals surface area contributed by atoms with E-state index in [4.69, 9.17) is 11.6 Å². The molecule has 0 aromatic carbocycles. The lowest BCUT2D eigenvalue weighted by Gasteiger charge is -2.23. The molecule has 0 aliphatic carbocycles. The highest BCUT2D eigenvalue weighted by Crippen LogP contribution is 2.06. The van der Waals surface area contributed by atoms with Crippen LogP contribution in [0.3, 0.4) is 0 Å². The molecule has 0 aromatic heterocycles. The maximum absolute atomic E-state index is 11.0. The molecule has 0 saturated carbocycles. The molecule has 0 saturated heterocycles. The molecule has 1 unspecified atom stereocenters. The van der Waals surface area contributed by atoms with Crippen LogP contribution in [-0.4, -0.2) is 71.9 Å². The second kappa shape index (κ2) is 6.99. The summed E-state index contributed by atoms with van der Waals surface area (Å²) in [7, 11) is -4.20. The monoisotopic (exact) mass is 273 g/mol. The second-order valence-corrected chi connectivity index (χ2v) is 4.88. The molecule has 0 aliphatic rings. The van der Waals surface area contributed by atoms with Crippen molar-refractivity contribution in [2.75, 3.05) is 12.3 Å². The number of carbonyl (C=O) groups is 1. The lowest BCUT2D eigenvalue weighted by atomic mass is 10.0. The topological polar surface area (TPSA) is 141 Å². The Hall–Kier alpha value is -0.580. The van der Waals surface area contributed by atoms with Crippen molar-refractivity contribution < 1.29 is 39.2 Å². The minimum absolute atomic E-state index is 0.0515. The fourth-order valence-corrected chi connectivity index (χ4v) is 1.31. The van der Waals surface area contributed by atoms with Crippen LogP contribution >= 0.6 is 0 Å². The lowest BCUT2D eigenvalue weighted by Crippen LogP contribution is -2.46. The molecule has 0 bridgehead atoms. The summed E-state index contributed by atoms with van der Waals surface area (Å²) in [4.78, 5) is 10.1. The first-order valence-corrected chi connectivity index (χ1v) is 6.08. The van der Waals surface area contributed by atoms with Crippen LogP contribution in [0.1, 0.15) is 8.29 Å². The molecule has 0 amide bonds. The Kier molecular flexibility index (Phi) is 5.95. The van der Waals surface area contributed by atoms with Crippen LogP contribution in [0.15, 0.2) is 0 Å². The molecule has 0 heterocycles. The smallest absolute Gasteiger partial charge is 0.267 e. The zero-order valence-corrected chi connectivity index (χ0v) is 9.82. The molecule has 102 valence electrons. The molecule has 0 rings (SSSR count). The quantitative estimate of drug-likeness (QED) is 0.271. The molecule has 0 spiro atoms. The van der Waals surface area contributed by atoms with E-state index in [0.29, 0.717) is 0 Å². The maximum Gasteiger partial charge on any atom is 0.267 e. The summed E-state index contributed by atoms with van der Waals surface area (Å²) < 4.78 is 33.2. The highest BCUT2D eigenvalue weighted by atomic mass is 32.2. The van der Waals surface area contributed by atoms with E-state index in [-0.39, 0.29) is 6.29 Å². The molecule has 9 heteroatoms. The van der Waals surface area contributed by atoms with Gasteiger partial charge in [0.05, 0.1) is 12.3 Å². The Balaban J connectivity index is 4.42. The van der Waals surface area contributed by atoms with E-state index in [1.54, 1.807) is 0 Å². The predicted octanol–water partition coefficient (Wildman–Crippen LogP) is -3.00. The third kappa shape index (κ3) is 5.52. The van der Waals surface area contributed by atoms with Gasteiger partial charge in [0.25, 0.3) is 10.1 Å². The summed E-state index contributed by atoms with van der Waals surface area (Å²) in [6, 6.07) is 0. The van der Waals surface area contributed by atoms with Gasteiger partial charge in [-0.1, -0.05) is 0 Å². The normalized spacial score (nSPS) is 22.1. The van der Waals surface area contributed by atoms with Gasteiger partial charge in [0, 0.05) is 1.37 Å². The minimum Gasteiger partial charge on any atom is -0.388 e. The summed E-state index contributed by atoms with van der Waals surface area (Å²) >= 11 is 0. The molecule has 5 atom stereocenters. The van der Waals surface area contributed by atoms with E-state index in [2.05, 4.69) is 4.18 Å². The third-order valence-corrected chi connectivity index (χ3v) is 2.97. The maximum atomic E-state index is 11.0. The molecular weight excluding hydrogens is 256 g/mol. The predicted molar refractivity (Wildman–Crippen MR) is 55.5 cm³/mol. The Bertz CT molecular complexity index is 356. The van der Waals surface area contributed by atoms with Crippen LogP contribution in [0.5, 0.6) is 0 Å². The standard InChI is InChI=1S/C8H16O8S/c1-2-17(14,15)16-4-6(11)8(13)7(12)5(10)3-9/h3,5-8,10-13H,2,4H2,1H3/t5-,6+,7+,8+/m0/s1/i2D/t2?,5-,6+,7+,8+. The van der Waals surface area contributed by atoms with E-state index in [9.17, 15) is 23.4 Å². The molecule has 17 heavy (non-hydrogen) atoms. The van der Waals surface area contributed by atoms with E-state index >= 15 is 0 Å². The van der Waals surface area contributed by atoms with Gasteiger partial charge in [-0.15, -0.1) is 0 Å². The number of carbonyl (C=O) groups excluding carboxylic acids is 1. The van der Waals surface area contributed by atoms with Crippen molar-refractivity contribution in [1.82, 2.24) is 0 Å². The highest BCUT2D eigenvalue weighted by Gasteiger charge is 2.31. The second-order valence-electron chi connectivity index (χ2n) is 3.19. The number of aldehydes is 1. The molecule has 4 N–H and O–H groups in total. The molecule has 8 nitrogen and oxygen atoms in total. The molecule has 0 aromatic rings. The van der Waals surface area contributed by atoms with E-state index in [0.717, 1.165) is 6.92 Å². The van der Waals surface area contributed by atoms with E-state index in [1.807, 2.05) is 0 Å². The van der Waals surface area contributed by atoms with Crippen molar-refractivity contribution in [3.05, 3.63) is 0 Å². The van der Waals surface area contributed by atoms with Gasteiger partial charge in [-0.05, 0) is 6.92 Å². The number of aliphatic hydroxyl groups excluding tert-OH is 4.